The molecule has 2 rings (SSSR count). The Labute approximate surface area is 141 Å². The van der Waals surface area contributed by atoms with E-state index in [4.69, 9.17) is 0 Å². The van der Waals surface area contributed by atoms with Crippen molar-refractivity contribution in [2.24, 2.45) is 0 Å². The number of benzene rings is 2. The van der Waals surface area contributed by atoms with Gasteiger partial charge in [0.25, 0.3) is 0 Å². The SMILES string of the molecule is CCC([Se]c1ccc([Si](C)(C)C)cc1)C(=O)c1ccccc1. The van der Waals surface area contributed by atoms with Gasteiger partial charge in [-0.05, 0) is 0 Å². The zero-order valence-corrected chi connectivity index (χ0v) is 16.5. The van der Waals surface area contributed by atoms with Crippen molar-refractivity contribution in [1.82, 2.24) is 0 Å². The van der Waals surface area contributed by atoms with Crippen molar-refractivity contribution in [1.29, 1.82) is 0 Å². The van der Waals surface area contributed by atoms with Crippen LogP contribution in [0.3, 0.4) is 0 Å². The van der Waals surface area contributed by atoms with Gasteiger partial charge in [-0.25, -0.2) is 0 Å². The number of Topliss-reactive ketones (excluding diaryl/α,β-unsaturated/α-hetero) is 1. The maximum atomic E-state index is 12.6. The third kappa shape index (κ3) is 4.42. The van der Waals surface area contributed by atoms with Gasteiger partial charge < -0.3 is 0 Å². The molecule has 1 unspecified atom stereocenters. The van der Waals surface area contributed by atoms with Gasteiger partial charge in [0, 0.05) is 0 Å². The first-order valence-corrected chi connectivity index (χ1v) is 13.1. The molecule has 0 fully saturated rings. The molecule has 0 aliphatic rings. The van der Waals surface area contributed by atoms with Gasteiger partial charge in [-0.15, -0.1) is 0 Å². The molecular weight excluding hydrogens is 351 g/mol. The van der Waals surface area contributed by atoms with Crippen molar-refractivity contribution in [3.8, 4) is 0 Å². The summed E-state index contributed by atoms with van der Waals surface area (Å²) in [6.07, 6.45) is 0.906. The normalized spacial score (nSPS) is 12.9. The van der Waals surface area contributed by atoms with Crippen LogP contribution in [0, 0.1) is 0 Å². The van der Waals surface area contributed by atoms with Crippen molar-refractivity contribution in [3.05, 3.63) is 60.2 Å². The number of hydrogen-bond acceptors (Lipinski definition) is 1. The molecule has 0 saturated heterocycles. The molecule has 0 aliphatic heterocycles. The fourth-order valence-electron chi connectivity index (χ4n) is 2.31. The Bertz CT molecular complexity index is 614. The van der Waals surface area contributed by atoms with E-state index in [-0.39, 0.29) is 25.6 Å². The molecule has 1 nitrogen and oxygen atoms in total. The Hall–Kier alpha value is -1.15. The molecule has 0 bridgehead atoms. The quantitative estimate of drug-likeness (QED) is 0.557. The average molecular weight is 375 g/mol. The molecule has 0 radical (unpaired) electrons. The Morgan fingerprint density at radius 3 is 2.09 bits per heavy atom. The summed E-state index contributed by atoms with van der Waals surface area (Å²) < 4.78 is 1.32. The minimum absolute atomic E-state index is 0.132. The summed E-state index contributed by atoms with van der Waals surface area (Å²) in [6.45, 7) is 9.20. The van der Waals surface area contributed by atoms with Crippen LogP contribution in [-0.4, -0.2) is 28.8 Å². The van der Waals surface area contributed by atoms with Crippen LogP contribution in [0.25, 0.3) is 0 Å². The topological polar surface area (TPSA) is 17.1 Å². The van der Waals surface area contributed by atoms with Crippen LogP contribution in [-0.2, 0) is 0 Å². The van der Waals surface area contributed by atoms with E-state index in [1.807, 2.05) is 30.3 Å². The molecule has 0 saturated carbocycles. The molecule has 0 N–H and O–H groups in total. The maximum absolute atomic E-state index is 12.6. The minimum atomic E-state index is -1.24. The van der Waals surface area contributed by atoms with Gasteiger partial charge in [-0.1, -0.05) is 0 Å². The number of rotatable bonds is 6. The predicted octanol–water partition coefficient (Wildman–Crippen LogP) is 3.64. The van der Waals surface area contributed by atoms with Gasteiger partial charge in [0.05, 0.1) is 0 Å². The standard InChI is InChI=1S/C19H24OSeSi/c1-5-18(19(20)15-9-7-6-8-10-15)21-16-11-13-17(14-12-16)22(2,3)4/h6-14,18H,5H2,1-4H3. The van der Waals surface area contributed by atoms with Gasteiger partial charge >= 0.3 is 141 Å². The molecule has 0 heterocycles. The van der Waals surface area contributed by atoms with Gasteiger partial charge in [-0.2, -0.15) is 0 Å². The summed E-state index contributed by atoms with van der Waals surface area (Å²) in [5, 5.41) is 1.48. The van der Waals surface area contributed by atoms with Crippen LogP contribution >= 0.6 is 0 Å². The van der Waals surface area contributed by atoms with Crippen LogP contribution < -0.4 is 9.65 Å². The van der Waals surface area contributed by atoms with Crippen LogP contribution in [0.15, 0.2) is 54.6 Å². The Balaban J connectivity index is 2.12. The van der Waals surface area contributed by atoms with E-state index in [1.54, 1.807) is 0 Å². The van der Waals surface area contributed by atoms with Gasteiger partial charge in [0.2, 0.25) is 0 Å². The summed E-state index contributed by atoms with van der Waals surface area (Å²) in [5.74, 6) is 0.289. The van der Waals surface area contributed by atoms with E-state index < -0.39 is 8.07 Å². The first kappa shape index (κ1) is 17.2. The van der Waals surface area contributed by atoms with Crippen LogP contribution in [0.2, 0.25) is 24.5 Å². The molecule has 0 spiro atoms. The zero-order valence-electron chi connectivity index (χ0n) is 13.8. The number of carbonyl (C=O) groups excluding carboxylic acids is 1. The van der Waals surface area contributed by atoms with Crippen LogP contribution in [0.4, 0.5) is 0 Å². The molecule has 2 aromatic carbocycles. The van der Waals surface area contributed by atoms with E-state index in [0.717, 1.165) is 12.0 Å². The molecule has 2 aromatic rings. The van der Waals surface area contributed by atoms with E-state index >= 15 is 0 Å². The Morgan fingerprint density at radius 1 is 1.00 bits per heavy atom. The first-order chi connectivity index (χ1) is 10.4. The second kappa shape index (κ2) is 7.41. The molecule has 3 heteroatoms. The number of hydrogen-bond donors (Lipinski definition) is 0. The molecule has 1 atom stereocenters. The fourth-order valence-corrected chi connectivity index (χ4v) is 5.64. The molecular formula is C19H24OSeSi. The van der Waals surface area contributed by atoms with Crippen molar-refractivity contribution >= 4 is 38.5 Å². The van der Waals surface area contributed by atoms with E-state index in [9.17, 15) is 4.79 Å². The monoisotopic (exact) mass is 376 g/mol. The Kier molecular flexibility index (Phi) is 5.79. The first-order valence-electron chi connectivity index (χ1n) is 7.78. The third-order valence-electron chi connectivity index (χ3n) is 3.72. The molecule has 0 amide bonds. The van der Waals surface area contributed by atoms with E-state index in [2.05, 4.69) is 50.8 Å². The summed E-state index contributed by atoms with van der Waals surface area (Å²) in [7, 11) is -1.24. The molecule has 0 aromatic heterocycles. The molecule has 22 heavy (non-hydrogen) atoms. The van der Waals surface area contributed by atoms with Crippen LogP contribution in [0.1, 0.15) is 23.7 Å². The second-order valence-corrected chi connectivity index (χ2v) is 14.3. The summed E-state index contributed by atoms with van der Waals surface area (Å²) in [5.41, 5.74) is 0.843. The van der Waals surface area contributed by atoms with Gasteiger partial charge in [-0.3, -0.25) is 0 Å². The summed E-state index contributed by atoms with van der Waals surface area (Å²) in [4.78, 5) is 12.8. The Morgan fingerprint density at radius 2 is 1.59 bits per heavy atom. The van der Waals surface area contributed by atoms with Gasteiger partial charge in [0.1, 0.15) is 0 Å². The van der Waals surface area contributed by atoms with E-state index in [0.29, 0.717) is 0 Å². The van der Waals surface area contributed by atoms with Crippen LogP contribution in [0.5, 0.6) is 0 Å². The zero-order chi connectivity index (χ0) is 16.2. The molecule has 0 aliphatic carbocycles. The second-order valence-electron chi connectivity index (χ2n) is 6.52. The fraction of sp³-hybridized carbons (Fsp3) is 0.316. The van der Waals surface area contributed by atoms with E-state index in [1.165, 1.54) is 9.65 Å². The number of carbonyl (C=O) groups is 1. The summed E-state index contributed by atoms with van der Waals surface area (Å²) in [6, 6.07) is 18.7. The third-order valence-corrected chi connectivity index (χ3v) is 8.67. The van der Waals surface area contributed by atoms with Crippen molar-refractivity contribution in [2.45, 2.75) is 37.8 Å². The van der Waals surface area contributed by atoms with Gasteiger partial charge in [0.15, 0.2) is 0 Å². The number of ketones is 1. The van der Waals surface area contributed by atoms with Crippen molar-refractivity contribution in [3.63, 3.8) is 0 Å². The predicted molar refractivity (Wildman–Crippen MR) is 99.6 cm³/mol. The molecule has 116 valence electrons. The van der Waals surface area contributed by atoms with Crippen molar-refractivity contribution in [2.75, 3.05) is 0 Å². The average Bonchev–Trinajstić information content (AvgIpc) is 2.52. The summed E-state index contributed by atoms with van der Waals surface area (Å²) >= 11 is 0.194. The van der Waals surface area contributed by atoms with Crippen molar-refractivity contribution < 1.29 is 4.79 Å².